The highest BCUT2D eigenvalue weighted by atomic mass is 16.2. The predicted octanol–water partition coefficient (Wildman–Crippen LogP) is 2.71. The number of carbonyl (C=O) groups excluding carboxylic acids is 1. The van der Waals surface area contributed by atoms with Crippen LogP contribution in [0.25, 0.3) is 0 Å². The third kappa shape index (κ3) is 2.71. The Balaban J connectivity index is 2.11. The number of nitrogens with zero attached hydrogens (tertiary/aromatic N) is 3. The van der Waals surface area contributed by atoms with E-state index in [1.54, 1.807) is 17.0 Å². The van der Waals surface area contributed by atoms with Gasteiger partial charge in [-0.05, 0) is 44.3 Å². The molecule has 1 aliphatic heterocycles. The van der Waals surface area contributed by atoms with Crippen LogP contribution in [0.2, 0.25) is 0 Å². The number of rotatable bonds is 2. The number of benzene rings is 2. The van der Waals surface area contributed by atoms with E-state index in [0.717, 1.165) is 17.7 Å². The summed E-state index contributed by atoms with van der Waals surface area (Å²) in [4.78, 5) is 16.7. The van der Waals surface area contributed by atoms with E-state index in [4.69, 9.17) is 0 Å². The van der Waals surface area contributed by atoms with Crippen LogP contribution in [-0.4, -0.2) is 37.0 Å². The second-order valence-electron chi connectivity index (χ2n) is 5.98. The van der Waals surface area contributed by atoms with Crippen molar-refractivity contribution < 1.29 is 4.79 Å². The van der Waals surface area contributed by atoms with Crippen LogP contribution in [0.1, 0.15) is 15.9 Å². The van der Waals surface area contributed by atoms with E-state index < -0.39 is 6.04 Å². The Hall–Kier alpha value is -2.64. The van der Waals surface area contributed by atoms with Crippen molar-refractivity contribution in [1.82, 2.24) is 4.90 Å². The predicted molar refractivity (Wildman–Crippen MR) is 90.3 cm³/mol. The zero-order chi connectivity index (χ0) is 16.4. The smallest absolute Gasteiger partial charge is 0.259 e. The lowest BCUT2D eigenvalue weighted by molar-refractivity contribution is 0.0965. The topological polar surface area (TPSA) is 47.3 Å². The van der Waals surface area contributed by atoms with Gasteiger partial charge in [-0.1, -0.05) is 36.4 Å². The molecule has 2 unspecified atom stereocenters. The molecule has 0 radical (unpaired) electrons. The number of nitriles is 1. The highest BCUT2D eigenvalue weighted by Gasteiger charge is 2.39. The van der Waals surface area contributed by atoms with Crippen molar-refractivity contribution in [2.24, 2.45) is 0 Å². The Labute approximate surface area is 136 Å². The van der Waals surface area contributed by atoms with Gasteiger partial charge in [0, 0.05) is 17.3 Å². The van der Waals surface area contributed by atoms with Gasteiger partial charge in [0.2, 0.25) is 0 Å². The van der Waals surface area contributed by atoms with Crippen LogP contribution < -0.4 is 4.90 Å². The molecule has 0 aliphatic carbocycles. The first-order valence-corrected chi connectivity index (χ1v) is 7.66. The van der Waals surface area contributed by atoms with Gasteiger partial charge in [-0.2, -0.15) is 5.26 Å². The van der Waals surface area contributed by atoms with Crippen molar-refractivity contribution in [2.45, 2.75) is 18.5 Å². The van der Waals surface area contributed by atoms with E-state index in [-0.39, 0.29) is 11.9 Å². The van der Waals surface area contributed by atoms with E-state index in [9.17, 15) is 10.1 Å². The quantitative estimate of drug-likeness (QED) is 0.857. The maximum absolute atomic E-state index is 13.1. The van der Waals surface area contributed by atoms with Crippen molar-refractivity contribution in [3.63, 3.8) is 0 Å². The van der Waals surface area contributed by atoms with Crippen molar-refractivity contribution in [3.05, 3.63) is 65.7 Å². The van der Waals surface area contributed by atoms with E-state index >= 15 is 0 Å². The fraction of sp³-hybridized carbons (Fsp3) is 0.263. The third-order valence-electron chi connectivity index (χ3n) is 4.36. The summed E-state index contributed by atoms with van der Waals surface area (Å²) in [5, 5.41) is 9.73. The molecule has 4 heteroatoms. The number of hydrogen-bond acceptors (Lipinski definition) is 3. The Bertz CT molecular complexity index is 749. The summed E-state index contributed by atoms with van der Waals surface area (Å²) in [7, 11) is 3.90. The fourth-order valence-corrected chi connectivity index (χ4v) is 3.14. The Morgan fingerprint density at radius 1 is 1.13 bits per heavy atom. The Morgan fingerprint density at radius 3 is 2.43 bits per heavy atom. The largest absolute Gasteiger partial charge is 0.303 e. The Kier molecular flexibility index (Phi) is 4.14. The van der Waals surface area contributed by atoms with E-state index in [2.05, 4.69) is 6.07 Å². The maximum atomic E-state index is 13.1. The molecule has 1 heterocycles. The van der Waals surface area contributed by atoms with Crippen molar-refractivity contribution in [2.75, 3.05) is 19.0 Å². The molecule has 23 heavy (non-hydrogen) atoms. The first-order valence-electron chi connectivity index (χ1n) is 7.66. The molecule has 0 N–H and O–H groups in total. The first kappa shape index (κ1) is 15.3. The lowest BCUT2D eigenvalue weighted by Crippen LogP contribution is -2.55. The van der Waals surface area contributed by atoms with E-state index in [0.29, 0.717) is 5.56 Å². The monoisotopic (exact) mass is 305 g/mol. The number of para-hydroxylation sites is 1. The summed E-state index contributed by atoms with van der Waals surface area (Å²) in [6.07, 6.45) is 0.764. The van der Waals surface area contributed by atoms with Gasteiger partial charge in [0.15, 0.2) is 0 Å². The van der Waals surface area contributed by atoms with Gasteiger partial charge < -0.3 is 4.90 Å². The molecule has 4 nitrogen and oxygen atoms in total. The standard InChI is InChI=1S/C19H19N3O/c1-21(2)17-12-15-10-6-7-11-16(15)22(18(17)13-20)19(23)14-8-4-3-5-9-14/h3-11,17-18H,12H2,1-2H3. The van der Waals surface area contributed by atoms with Crippen molar-refractivity contribution >= 4 is 11.6 Å². The molecule has 0 bridgehead atoms. The number of amides is 1. The zero-order valence-electron chi connectivity index (χ0n) is 13.3. The highest BCUT2D eigenvalue weighted by Crippen LogP contribution is 2.33. The van der Waals surface area contributed by atoms with Gasteiger partial charge in [0.05, 0.1) is 6.07 Å². The summed E-state index contributed by atoms with van der Waals surface area (Å²) in [5.74, 6) is -0.129. The molecule has 116 valence electrons. The Morgan fingerprint density at radius 2 is 1.78 bits per heavy atom. The molecule has 3 rings (SSSR count). The minimum Gasteiger partial charge on any atom is -0.303 e. The number of anilines is 1. The summed E-state index contributed by atoms with van der Waals surface area (Å²) >= 11 is 0. The van der Waals surface area contributed by atoms with E-state index in [1.807, 2.05) is 61.5 Å². The average molecular weight is 305 g/mol. The minimum absolute atomic E-state index is 0.0254. The molecule has 2 aromatic rings. The molecule has 1 aliphatic rings. The number of fused-ring (bicyclic) bond motifs is 1. The number of likely N-dealkylation sites (N-methyl/N-ethyl adjacent to an activating group) is 1. The summed E-state index contributed by atoms with van der Waals surface area (Å²) in [6.45, 7) is 0. The summed E-state index contributed by atoms with van der Waals surface area (Å²) < 4.78 is 0. The van der Waals surface area contributed by atoms with Crippen LogP contribution in [0.3, 0.4) is 0 Å². The molecule has 0 saturated carbocycles. The van der Waals surface area contributed by atoms with Crippen LogP contribution >= 0.6 is 0 Å². The molecule has 0 fully saturated rings. The maximum Gasteiger partial charge on any atom is 0.259 e. The van der Waals surface area contributed by atoms with Gasteiger partial charge >= 0.3 is 0 Å². The van der Waals surface area contributed by atoms with Gasteiger partial charge in [0.25, 0.3) is 5.91 Å². The van der Waals surface area contributed by atoms with Gasteiger partial charge in [-0.3, -0.25) is 9.69 Å². The highest BCUT2D eigenvalue weighted by molar-refractivity contribution is 6.07. The first-order chi connectivity index (χ1) is 11.1. The van der Waals surface area contributed by atoms with Gasteiger partial charge in [0.1, 0.15) is 6.04 Å². The van der Waals surface area contributed by atoms with Crippen molar-refractivity contribution in [3.8, 4) is 6.07 Å². The lowest BCUT2D eigenvalue weighted by Gasteiger charge is -2.41. The molecule has 2 atom stereocenters. The third-order valence-corrected chi connectivity index (χ3v) is 4.36. The van der Waals surface area contributed by atoms with Gasteiger partial charge in [-0.15, -0.1) is 0 Å². The van der Waals surface area contributed by atoms with Crippen LogP contribution in [0.4, 0.5) is 5.69 Å². The van der Waals surface area contributed by atoms with Crippen molar-refractivity contribution in [1.29, 1.82) is 5.26 Å². The van der Waals surface area contributed by atoms with Crippen LogP contribution in [0.15, 0.2) is 54.6 Å². The molecular weight excluding hydrogens is 286 g/mol. The van der Waals surface area contributed by atoms with Crippen LogP contribution in [-0.2, 0) is 6.42 Å². The second-order valence-corrected chi connectivity index (χ2v) is 5.98. The molecular formula is C19H19N3O. The van der Waals surface area contributed by atoms with E-state index in [1.165, 1.54) is 0 Å². The number of carbonyl (C=O) groups is 1. The average Bonchev–Trinajstić information content (AvgIpc) is 2.60. The summed E-state index contributed by atoms with van der Waals surface area (Å²) in [5.41, 5.74) is 2.54. The second kappa shape index (κ2) is 6.23. The fourth-order valence-electron chi connectivity index (χ4n) is 3.14. The van der Waals surface area contributed by atoms with Crippen LogP contribution in [0.5, 0.6) is 0 Å². The molecule has 0 saturated heterocycles. The van der Waals surface area contributed by atoms with Gasteiger partial charge in [-0.25, -0.2) is 0 Å². The molecule has 2 aromatic carbocycles. The molecule has 0 aromatic heterocycles. The SMILES string of the molecule is CN(C)C1Cc2ccccc2N(C(=O)c2ccccc2)C1C#N. The zero-order valence-corrected chi connectivity index (χ0v) is 13.3. The van der Waals surface area contributed by atoms with Crippen LogP contribution in [0, 0.1) is 11.3 Å². The summed E-state index contributed by atoms with van der Waals surface area (Å²) in [6, 6.07) is 18.8. The number of hydrogen-bond donors (Lipinski definition) is 0. The normalized spacial score (nSPS) is 20.0. The molecule has 0 spiro atoms. The minimum atomic E-state index is -0.507. The lowest BCUT2D eigenvalue weighted by atomic mass is 9.90. The molecule has 1 amide bonds.